The molecule has 0 unspecified atom stereocenters. The van der Waals surface area contributed by atoms with Gasteiger partial charge in [0.15, 0.2) is 0 Å². The number of carboxylic acid groups (broad SMARTS) is 1. The number of fused-ring (bicyclic) bond motifs is 1. The molecule has 2 aromatic carbocycles. The lowest BCUT2D eigenvalue weighted by molar-refractivity contribution is 0.0696. The summed E-state index contributed by atoms with van der Waals surface area (Å²) in [6.07, 6.45) is 0. The second-order valence-electron chi connectivity index (χ2n) is 3.41. The number of hydrogen-bond donors (Lipinski definition) is 1. The van der Waals surface area contributed by atoms with Gasteiger partial charge in [0.2, 0.25) is 0 Å². The molecule has 2 aromatic rings. The summed E-state index contributed by atoms with van der Waals surface area (Å²) in [7, 11) is 0. The summed E-state index contributed by atoms with van der Waals surface area (Å²) in [5.41, 5.74) is 1.08. The zero-order valence-electron chi connectivity index (χ0n) is 8.12. The van der Waals surface area contributed by atoms with E-state index in [1.165, 1.54) is 0 Å². The highest BCUT2D eigenvalue weighted by Crippen LogP contribution is 2.25. The van der Waals surface area contributed by atoms with E-state index in [-0.39, 0.29) is 0 Å². The van der Waals surface area contributed by atoms with Gasteiger partial charge in [-0.1, -0.05) is 23.7 Å². The summed E-state index contributed by atoms with van der Waals surface area (Å²) in [6.45, 7) is 1.79. The Morgan fingerprint density at radius 2 is 1.93 bits per heavy atom. The van der Waals surface area contributed by atoms with Crippen LogP contribution in [-0.2, 0) is 0 Å². The summed E-state index contributed by atoms with van der Waals surface area (Å²) < 4.78 is 0. The van der Waals surface area contributed by atoms with Gasteiger partial charge in [0.25, 0.3) is 0 Å². The quantitative estimate of drug-likeness (QED) is 0.799. The van der Waals surface area contributed by atoms with Crippen molar-refractivity contribution in [2.24, 2.45) is 0 Å². The van der Waals surface area contributed by atoms with Gasteiger partial charge in [-0.25, -0.2) is 4.79 Å². The minimum Gasteiger partial charge on any atom is -0.478 e. The molecule has 2 nitrogen and oxygen atoms in total. The normalized spacial score (nSPS) is 10.5. The van der Waals surface area contributed by atoms with Crippen LogP contribution >= 0.6 is 11.6 Å². The van der Waals surface area contributed by atoms with E-state index in [1.807, 2.05) is 6.07 Å². The van der Waals surface area contributed by atoms with Crippen LogP contribution in [0, 0.1) is 6.92 Å². The molecule has 0 aliphatic rings. The van der Waals surface area contributed by atoms with Crippen molar-refractivity contribution in [1.82, 2.24) is 0 Å². The Balaban J connectivity index is 2.82. The summed E-state index contributed by atoms with van der Waals surface area (Å²) in [5, 5.41) is 11.5. The van der Waals surface area contributed by atoms with Crippen LogP contribution in [0.15, 0.2) is 30.3 Å². The molecule has 0 heterocycles. The third-order valence-corrected chi connectivity index (χ3v) is 2.72. The van der Waals surface area contributed by atoms with Crippen LogP contribution < -0.4 is 0 Å². The SMILES string of the molecule is Cc1c(C(=O)O)ccc2ccc(Cl)cc12. The number of hydrogen-bond acceptors (Lipinski definition) is 1. The summed E-state index contributed by atoms with van der Waals surface area (Å²) >= 11 is 5.88. The zero-order valence-corrected chi connectivity index (χ0v) is 8.88. The first-order chi connectivity index (χ1) is 7.09. The summed E-state index contributed by atoms with van der Waals surface area (Å²) in [6, 6.07) is 8.88. The molecule has 0 bridgehead atoms. The van der Waals surface area contributed by atoms with Gasteiger partial charge in [-0.2, -0.15) is 0 Å². The van der Waals surface area contributed by atoms with Gasteiger partial charge in [0.05, 0.1) is 5.56 Å². The maximum absolute atomic E-state index is 10.9. The van der Waals surface area contributed by atoms with Gasteiger partial charge in [-0.05, 0) is 41.5 Å². The fourth-order valence-electron chi connectivity index (χ4n) is 1.67. The molecule has 0 radical (unpaired) electrons. The third-order valence-electron chi connectivity index (χ3n) is 2.48. The minimum absolute atomic E-state index is 0.324. The van der Waals surface area contributed by atoms with Crippen molar-refractivity contribution in [2.45, 2.75) is 6.92 Å². The van der Waals surface area contributed by atoms with Crippen molar-refractivity contribution >= 4 is 28.3 Å². The van der Waals surface area contributed by atoms with Crippen LogP contribution in [-0.4, -0.2) is 11.1 Å². The van der Waals surface area contributed by atoms with E-state index >= 15 is 0 Å². The molecule has 1 N–H and O–H groups in total. The van der Waals surface area contributed by atoms with Crippen LogP contribution in [0.25, 0.3) is 10.8 Å². The number of rotatable bonds is 1. The predicted octanol–water partition coefficient (Wildman–Crippen LogP) is 3.50. The number of halogens is 1. The number of carboxylic acids is 1. The monoisotopic (exact) mass is 220 g/mol. The maximum Gasteiger partial charge on any atom is 0.335 e. The average Bonchev–Trinajstić information content (AvgIpc) is 2.19. The van der Waals surface area contributed by atoms with Crippen LogP contribution in [0.3, 0.4) is 0 Å². The molecule has 0 fully saturated rings. The van der Waals surface area contributed by atoms with Crippen LogP contribution in [0.4, 0.5) is 0 Å². The Labute approximate surface area is 92.1 Å². The van der Waals surface area contributed by atoms with Crippen molar-refractivity contribution in [2.75, 3.05) is 0 Å². The lowest BCUT2D eigenvalue weighted by atomic mass is 10.0. The summed E-state index contributed by atoms with van der Waals surface area (Å²) in [5.74, 6) is -0.908. The van der Waals surface area contributed by atoms with E-state index in [2.05, 4.69) is 0 Å². The molecule has 0 aliphatic heterocycles. The minimum atomic E-state index is -0.908. The van der Waals surface area contributed by atoms with Gasteiger partial charge in [-0.3, -0.25) is 0 Å². The van der Waals surface area contributed by atoms with Crippen LogP contribution in [0.1, 0.15) is 15.9 Å². The predicted molar refractivity (Wildman–Crippen MR) is 60.7 cm³/mol. The molecule has 2 rings (SSSR count). The number of carbonyl (C=O) groups is 1. The smallest absolute Gasteiger partial charge is 0.335 e. The molecule has 0 spiro atoms. The fourth-order valence-corrected chi connectivity index (χ4v) is 1.85. The lowest BCUT2D eigenvalue weighted by Crippen LogP contribution is -1.99. The van der Waals surface area contributed by atoms with E-state index in [9.17, 15) is 4.79 Å². The topological polar surface area (TPSA) is 37.3 Å². The second-order valence-corrected chi connectivity index (χ2v) is 3.85. The van der Waals surface area contributed by atoms with Crippen LogP contribution in [0.5, 0.6) is 0 Å². The zero-order chi connectivity index (χ0) is 11.0. The Bertz CT molecular complexity index is 547. The number of aryl methyl sites for hydroxylation is 1. The molecule has 3 heteroatoms. The van der Waals surface area contributed by atoms with Crippen molar-refractivity contribution in [3.63, 3.8) is 0 Å². The molecular weight excluding hydrogens is 212 g/mol. The van der Waals surface area contributed by atoms with Gasteiger partial charge in [0, 0.05) is 5.02 Å². The highest BCUT2D eigenvalue weighted by atomic mass is 35.5. The number of benzene rings is 2. The lowest BCUT2D eigenvalue weighted by Gasteiger charge is -2.06. The Morgan fingerprint density at radius 3 is 2.60 bits per heavy atom. The average molecular weight is 221 g/mol. The van der Waals surface area contributed by atoms with Gasteiger partial charge < -0.3 is 5.11 Å². The summed E-state index contributed by atoms with van der Waals surface area (Å²) in [4.78, 5) is 10.9. The van der Waals surface area contributed by atoms with Crippen molar-refractivity contribution in [3.8, 4) is 0 Å². The molecule has 0 saturated heterocycles. The highest BCUT2D eigenvalue weighted by molar-refractivity contribution is 6.31. The molecule has 0 saturated carbocycles. The maximum atomic E-state index is 10.9. The Morgan fingerprint density at radius 1 is 1.27 bits per heavy atom. The second kappa shape index (κ2) is 3.55. The van der Waals surface area contributed by atoms with Gasteiger partial charge in [0.1, 0.15) is 0 Å². The first-order valence-electron chi connectivity index (χ1n) is 4.52. The van der Waals surface area contributed by atoms with E-state index in [0.717, 1.165) is 16.3 Å². The van der Waals surface area contributed by atoms with E-state index in [1.54, 1.807) is 31.2 Å². The van der Waals surface area contributed by atoms with Crippen molar-refractivity contribution in [3.05, 3.63) is 46.5 Å². The molecule has 15 heavy (non-hydrogen) atoms. The molecule has 0 amide bonds. The largest absolute Gasteiger partial charge is 0.478 e. The number of aromatic carboxylic acids is 1. The van der Waals surface area contributed by atoms with Crippen molar-refractivity contribution in [1.29, 1.82) is 0 Å². The first-order valence-corrected chi connectivity index (χ1v) is 4.89. The van der Waals surface area contributed by atoms with Gasteiger partial charge >= 0.3 is 5.97 Å². The first kappa shape index (κ1) is 9.99. The molecule has 0 atom stereocenters. The molecule has 0 aromatic heterocycles. The Kier molecular flexibility index (Phi) is 2.37. The van der Waals surface area contributed by atoms with E-state index in [4.69, 9.17) is 16.7 Å². The standard InChI is InChI=1S/C12H9ClO2/c1-7-10(12(14)15)5-3-8-2-4-9(13)6-11(7)8/h2-6H,1H3,(H,14,15). The fraction of sp³-hybridized carbons (Fsp3) is 0.0833. The molecule has 76 valence electrons. The van der Waals surface area contributed by atoms with E-state index in [0.29, 0.717) is 10.6 Å². The third kappa shape index (κ3) is 1.68. The molecular formula is C12H9ClO2. The van der Waals surface area contributed by atoms with E-state index < -0.39 is 5.97 Å². The Hall–Kier alpha value is -1.54. The highest BCUT2D eigenvalue weighted by Gasteiger charge is 2.09. The van der Waals surface area contributed by atoms with Gasteiger partial charge in [-0.15, -0.1) is 0 Å². The molecule has 0 aliphatic carbocycles. The van der Waals surface area contributed by atoms with Crippen molar-refractivity contribution < 1.29 is 9.90 Å². The van der Waals surface area contributed by atoms with Crippen LogP contribution in [0.2, 0.25) is 5.02 Å².